The van der Waals surface area contributed by atoms with E-state index in [0.29, 0.717) is 0 Å². The molecule has 7 heavy (non-hydrogen) atoms. The molecular weight excluding hydrogens is 105 g/mol. The molecule has 0 aromatic carbocycles. The highest BCUT2D eigenvalue weighted by Gasteiger charge is 2.11. The van der Waals surface area contributed by atoms with Crippen molar-refractivity contribution in [2.24, 2.45) is 0 Å². The van der Waals surface area contributed by atoms with Gasteiger partial charge in [-0.25, -0.2) is 0 Å². The third-order valence-corrected chi connectivity index (χ3v) is 0.180. The summed E-state index contributed by atoms with van der Waals surface area (Å²) in [5.74, 6) is 0. The van der Waals surface area contributed by atoms with E-state index in [1.807, 2.05) is 0 Å². The van der Waals surface area contributed by atoms with Crippen LogP contribution in [0.4, 0.5) is 0 Å². The van der Waals surface area contributed by atoms with E-state index in [4.69, 9.17) is 20.2 Å². The van der Waals surface area contributed by atoms with E-state index in [0.717, 1.165) is 0 Å². The second-order valence-corrected chi connectivity index (χ2v) is 0.655. The molecule has 7 heteroatoms. The summed E-state index contributed by atoms with van der Waals surface area (Å²) in [6.07, 6.45) is 0. The van der Waals surface area contributed by atoms with Crippen molar-refractivity contribution in [1.29, 1.82) is 0 Å². The molecule has 0 aliphatic heterocycles. The Bertz CT molecular complexity index is 68.5. The quantitative estimate of drug-likeness (QED) is 0.245. The summed E-state index contributed by atoms with van der Waals surface area (Å²) in [4.78, 5) is 9.07. The van der Waals surface area contributed by atoms with Crippen LogP contribution in [0.3, 0.4) is 0 Å². The monoisotopic (exact) mass is 107 g/mol. The molecule has 0 rings (SSSR count). The zero-order chi connectivity index (χ0) is 5.86. The molecule has 0 amide bonds. The van der Waals surface area contributed by atoms with Gasteiger partial charge in [0.25, 0.3) is 5.09 Å². The fraction of sp³-hybridized carbons (Fsp3) is 0. The summed E-state index contributed by atoms with van der Waals surface area (Å²) in [5.41, 5.74) is 0. The molecule has 0 radical (unpaired) electrons. The van der Waals surface area contributed by atoms with E-state index >= 15 is 0 Å². The van der Waals surface area contributed by atoms with Crippen LogP contribution in [0, 0.1) is 10.1 Å². The largest absolute Gasteiger partial charge is 0.662 e. The van der Waals surface area contributed by atoms with Crippen molar-refractivity contribution in [1.82, 2.24) is 0 Å². The van der Waals surface area contributed by atoms with Gasteiger partial charge in [0, 0.05) is 0 Å². The van der Waals surface area contributed by atoms with Gasteiger partial charge in [-0.3, -0.25) is 0 Å². The lowest BCUT2D eigenvalue weighted by Crippen LogP contribution is -2.20. The smallest absolute Gasteiger partial charge is 0.405 e. The normalized spacial score (nSPS) is 7.71. The highest BCUT2D eigenvalue weighted by atomic mass is 17.0. The van der Waals surface area contributed by atoms with Crippen LogP contribution in [0.5, 0.6) is 0 Å². The molecule has 2 N–H and O–H groups in total. The maximum atomic E-state index is 9.07. The molecule has 40 valence electrons. The van der Waals surface area contributed by atoms with Crippen molar-refractivity contribution >= 4 is 7.32 Å². The molecule has 0 saturated heterocycles. The zero-order valence-electron chi connectivity index (χ0n) is 3.14. The average Bonchev–Trinajstić information content (AvgIpc) is 1.27. The van der Waals surface area contributed by atoms with Crippen molar-refractivity contribution < 1.29 is 19.9 Å². The summed E-state index contributed by atoms with van der Waals surface area (Å²) in [6.45, 7) is 0. The predicted molar refractivity (Wildman–Crippen MR) is 18.3 cm³/mol. The Balaban J connectivity index is 3.13. The van der Waals surface area contributed by atoms with Gasteiger partial charge in [-0.2, -0.15) is 0 Å². The maximum Gasteiger partial charge on any atom is 0.662 e. The average molecular weight is 107 g/mol. The van der Waals surface area contributed by atoms with Crippen LogP contribution in [0.1, 0.15) is 0 Å². The molecule has 0 aliphatic carbocycles. The van der Waals surface area contributed by atoms with Gasteiger partial charge >= 0.3 is 7.32 Å². The first-order valence-electron chi connectivity index (χ1n) is 1.30. The van der Waals surface area contributed by atoms with Crippen molar-refractivity contribution in [3.05, 3.63) is 10.1 Å². The first kappa shape index (κ1) is 6.18. The third kappa shape index (κ3) is 5.18. The fourth-order valence-corrected chi connectivity index (χ4v) is 0.0770. The van der Waals surface area contributed by atoms with Gasteiger partial charge < -0.3 is 14.8 Å². The van der Waals surface area contributed by atoms with Gasteiger partial charge in [-0.05, 0) is 0 Å². The van der Waals surface area contributed by atoms with Crippen LogP contribution in [0.15, 0.2) is 0 Å². The van der Waals surface area contributed by atoms with E-state index < -0.39 is 12.4 Å². The fourth-order valence-electron chi connectivity index (χ4n) is 0.0770. The van der Waals surface area contributed by atoms with Crippen LogP contribution in [0.25, 0.3) is 0 Å². The highest BCUT2D eigenvalue weighted by Crippen LogP contribution is 1.71. The minimum Gasteiger partial charge on any atom is -0.405 e. The standard InChI is InChI=1S/BH2NO5/c3-1(4)7-2(5)6/h3-4H. The minimum atomic E-state index is -2.32. The predicted octanol–water partition coefficient (Wildman–Crippen LogP) is -1.84. The van der Waals surface area contributed by atoms with Crippen LogP contribution in [0.2, 0.25) is 0 Å². The Morgan fingerprint density at radius 3 is 2.14 bits per heavy atom. The Morgan fingerprint density at radius 2 is 2.14 bits per heavy atom. The summed E-state index contributed by atoms with van der Waals surface area (Å²) in [5, 5.41) is 23.0. The zero-order valence-corrected chi connectivity index (χ0v) is 3.14. The summed E-state index contributed by atoms with van der Waals surface area (Å²) in [6, 6.07) is 0. The van der Waals surface area contributed by atoms with E-state index in [1.165, 1.54) is 0 Å². The van der Waals surface area contributed by atoms with Crippen LogP contribution >= 0.6 is 0 Å². The van der Waals surface area contributed by atoms with Gasteiger partial charge in [-0.15, -0.1) is 10.1 Å². The summed E-state index contributed by atoms with van der Waals surface area (Å²) in [7, 11) is -2.32. The Morgan fingerprint density at radius 1 is 1.71 bits per heavy atom. The molecule has 0 atom stereocenters. The molecule has 0 spiro atoms. The SMILES string of the molecule is O=[N+]([O-])OB(O)O. The van der Waals surface area contributed by atoms with Crippen molar-refractivity contribution in [2.45, 2.75) is 0 Å². The molecule has 0 aromatic rings. The lowest BCUT2D eigenvalue weighted by atomic mass is 10.3. The van der Waals surface area contributed by atoms with Gasteiger partial charge in [0.15, 0.2) is 0 Å². The van der Waals surface area contributed by atoms with Crippen molar-refractivity contribution in [2.75, 3.05) is 0 Å². The molecule has 0 bridgehead atoms. The number of hydrogen-bond donors (Lipinski definition) is 2. The third-order valence-electron chi connectivity index (χ3n) is 0.180. The molecule has 0 aromatic heterocycles. The summed E-state index contributed by atoms with van der Waals surface area (Å²) >= 11 is 0. The van der Waals surface area contributed by atoms with Gasteiger partial charge in [-0.1, -0.05) is 0 Å². The Hall–Kier alpha value is -0.815. The molecule has 6 nitrogen and oxygen atoms in total. The molecule has 0 aliphatic rings. The van der Waals surface area contributed by atoms with Crippen LogP contribution < -0.4 is 0 Å². The molecule has 0 saturated carbocycles. The summed E-state index contributed by atoms with van der Waals surface area (Å²) < 4.78 is 3.08. The molecule has 0 unspecified atom stereocenters. The van der Waals surface area contributed by atoms with Crippen molar-refractivity contribution in [3.8, 4) is 0 Å². The second kappa shape index (κ2) is 2.37. The van der Waals surface area contributed by atoms with E-state index in [-0.39, 0.29) is 0 Å². The molecule has 0 fully saturated rings. The van der Waals surface area contributed by atoms with Gasteiger partial charge in [0.1, 0.15) is 0 Å². The number of nitrogens with zero attached hydrogens (tertiary/aromatic N) is 1. The van der Waals surface area contributed by atoms with Gasteiger partial charge in [0.2, 0.25) is 0 Å². The van der Waals surface area contributed by atoms with Crippen LogP contribution in [-0.4, -0.2) is 22.5 Å². The minimum absolute atomic E-state index is 1.30. The lowest BCUT2D eigenvalue weighted by Gasteiger charge is -1.89. The first-order valence-corrected chi connectivity index (χ1v) is 1.30. The maximum absolute atomic E-state index is 9.07. The Labute approximate surface area is 38.6 Å². The number of rotatable bonds is 2. The lowest BCUT2D eigenvalue weighted by molar-refractivity contribution is -0.724. The van der Waals surface area contributed by atoms with E-state index in [2.05, 4.69) is 4.76 Å². The highest BCUT2D eigenvalue weighted by molar-refractivity contribution is 6.32. The second-order valence-electron chi connectivity index (χ2n) is 0.655. The van der Waals surface area contributed by atoms with Crippen molar-refractivity contribution in [3.63, 3.8) is 0 Å². The first-order chi connectivity index (χ1) is 3.13. The van der Waals surface area contributed by atoms with Gasteiger partial charge in [0.05, 0.1) is 0 Å². The molecular formula is H2BNO5. The van der Waals surface area contributed by atoms with E-state index in [1.54, 1.807) is 0 Å². The topological polar surface area (TPSA) is 92.8 Å². The van der Waals surface area contributed by atoms with Crippen LogP contribution in [-0.2, 0) is 4.76 Å². The number of hydrogen-bond acceptors (Lipinski definition) is 5. The Kier molecular flexibility index (Phi) is 2.10. The molecule has 0 heterocycles. The van der Waals surface area contributed by atoms with E-state index in [9.17, 15) is 0 Å².